The quantitative estimate of drug-likeness (QED) is 0.154. The van der Waals surface area contributed by atoms with E-state index in [1.807, 2.05) is 6.07 Å². The molecule has 1 saturated heterocycles. The number of para-hydroxylation sites is 1. The second-order valence-corrected chi connectivity index (χ2v) is 12.4. The summed E-state index contributed by atoms with van der Waals surface area (Å²) in [5.74, 6) is -2.67. The zero-order valence-electron chi connectivity index (χ0n) is 25.5. The number of benzene rings is 3. The Balaban J connectivity index is 1.89. The van der Waals surface area contributed by atoms with E-state index in [1.165, 1.54) is 31.2 Å². The summed E-state index contributed by atoms with van der Waals surface area (Å²) in [4.78, 5) is 35.2. The highest BCUT2D eigenvalue weighted by molar-refractivity contribution is 7.92. The molecule has 2 N–H and O–H groups in total. The van der Waals surface area contributed by atoms with Crippen molar-refractivity contribution in [3.05, 3.63) is 93.5 Å². The largest absolute Gasteiger partial charge is 0.489 e. The van der Waals surface area contributed by atoms with Crippen LogP contribution in [0.15, 0.2) is 71.6 Å². The summed E-state index contributed by atoms with van der Waals surface area (Å²) in [5.41, 5.74) is -0.135. The molecule has 0 radical (unpaired) electrons. The van der Waals surface area contributed by atoms with Crippen molar-refractivity contribution in [1.82, 2.24) is 0 Å². The molecule has 3 atom stereocenters. The lowest BCUT2D eigenvalue weighted by molar-refractivity contribution is -0.387. The number of hydrogen-bond donors (Lipinski definition) is 2. The van der Waals surface area contributed by atoms with Crippen molar-refractivity contribution < 1.29 is 51.7 Å². The zero-order valence-corrected chi connectivity index (χ0v) is 26.3. The average Bonchev–Trinajstić information content (AvgIpc) is 3.34. The van der Waals surface area contributed by atoms with E-state index in [1.54, 1.807) is 38.1 Å². The minimum absolute atomic E-state index is 0.0115. The Labute approximate surface area is 265 Å². The maximum atomic E-state index is 13.7. The minimum atomic E-state index is -4.66. The van der Waals surface area contributed by atoms with Gasteiger partial charge in [-0.15, -0.1) is 0 Å². The molecular formula is C31H34N2O12S. The molecule has 0 spiro atoms. The minimum Gasteiger partial charge on any atom is -0.489 e. The third kappa shape index (κ3) is 8.17. The number of anilines is 1. The van der Waals surface area contributed by atoms with E-state index in [4.69, 9.17) is 23.7 Å². The summed E-state index contributed by atoms with van der Waals surface area (Å²) in [7, 11) is -3.52. The molecule has 1 aliphatic rings. The summed E-state index contributed by atoms with van der Waals surface area (Å²) >= 11 is 0. The molecule has 0 aromatic heterocycles. The van der Waals surface area contributed by atoms with E-state index in [-0.39, 0.29) is 35.6 Å². The van der Waals surface area contributed by atoms with Crippen LogP contribution in [-0.4, -0.2) is 68.2 Å². The fourth-order valence-corrected chi connectivity index (χ4v) is 6.30. The van der Waals surface area contributed by atoms with Crippen molar-refractivity contribution in [1.29, 1.82) is 0 Å². The number of ether oxygens (including phenoxy) is 5. The molecule has 1 fully saturated rings. The lowest BCUT2D eigenvalue weighted by atomic mass is 9.97. The number of sulfonamides is 1. The number of aliphatic hydroxyl groups excluding tert-OH is 1. The fraction of sp³-hybridized carbons (Fsp3) is 0.355. The predicted octanol–water partition coefficient (Wildman–Crippen LogP) is 3.75. The van der Waals surface area contributed by atoms with Crippen molar-refractivity contribution >= 4 is 33.3 Å². The van der Waals surface area contributed by atoms with Gasteiger partial charge in [0.05, 0.1) is 29.9 Å². The lowest BCUT2D eigenvalue weighted by Crippen LogP contribution is -2.41. The molecule has 0 saturated carbocycles. The van der Waals surface area contributed by atoms with Gasteiger partial charge >= 0.3 is 11.9 Å². The van der Waals surface area contributed by atoms with Crippen LogP contribution in [-0.2, 0) is 46.8 Å². The number of nitro benzene ring substituents is 1. The van der Waals surface area contributed by atoms with Gasteiger partial charge in [-0.05, 0) is 37.6 Å². The molecule has 46 heavy (non-hydrogen) atoms. The van der Waals surface area contributed by atoms with Crippen molar-refractivity contribution in [3.63, 3.8) is 0 Å². The van der Waals surface area contributed by atoms with Gasteiger partial charge in [0.2, 0.25) is 0 Å². The van der Waals surface area contributed by atoms with Gasteiger partial charge in [-0.1, -0.05) is 42.5 Å². The van der Waals surface area contributed by atoms with Crippen molar-refractivity contribution in [2.24, 2.45) is 0 Å². The van der Waals surface area contributed by atoms with Gasteiger partial charge in [-0.3, -0.25) is 19.6 Å². The Hall–Kier alpha value is -4.57. The normalized spacial score (nSPS) is 17.9. The molecule has 1 heterocycles. The van der Waals surface area contributed by atoms with Crippen LogP contribution in [0.3, 0.4) is 0 Å². The molecule has 4 rings (SSSR count). The SMILES string of the molecule is COC(=O)c1cc(NS(=O)(=O)c2ccccc2[N+](=O)[O-])c(CC(OC(C)=O)[C@H]2OC(C)(C)O[C@@H]2CO)c(OCc2ccccc2)c1. The first-order valence-corrected chi connectivity index (χ1v) is 15.5. The molecular weight excluding hydrogens is 624 g/mol. The van der Waals surface area contributed by atoms with Crippen molar-refractivity contribution in [2.75, 3.05) is 18.4 Å². The summed E-state index contributed by atoms with van der Waals surface area (Å²) in [6.07, 6.45) is -3.35. The van der Waals surface area contributed by atoms with Crippen LogP contribution in [0, 0.1) is 10.1 Å². The summed E-state index contributed by atoms with van der Waals surface area (Å²) in [6.45, 7) is 3.91. The van der Waals surface area contributed by atoms with Gasteiger partial charge in [-0.25, -0.2) is 13.2 Å². The van der Waals surface area contributed by atoms with Crippen LogP contribution in [0.4, 0.5) is 11.4 Å². The van der Waals surface area contributed by atoms with Crippen LogP contribution < -0.4 is 9.46 Å². The standard InChI is InChI=1S/C31H34N2O12S/c1-19(35)43-26(29-27(17-34)44-31(2,3)45-29)16-22-23(32-46(39,40)28-13-9-8-12-24(28)33(37)38)14-21(30(36)41-4)15-25(22)42-18-20-10-6-5-7-11-20/h5-15,26-27,29,32,34H,16-18H2,1-4H3/t26?,27-,29-/m1/s1. The Bertz CT molecular complexity index is 1690. The molecule has 3 aromatic rings. The number of nitrogens with zero attached hydrogens (tertiary/aromatic N) is 1. The van der Waals surface area contributed by atoms with E-state index in [9.17, 15) is 33.2 Å². The second-order valence-electron chi connectivity index (χ2n) is 10.8. The topological polar surface area (TPSA) is 190 Å². The molecule has 3 aromatic carbocycles. The summed E-state index contributed by atoms with van der Waals surface area (Å²) in [5, 5.41) is 21.7. The number of aliphatic hydroxyl groups is 1. The first-order chi connectivity index (χ1) is 21.7. The Morgan fingerprint density at radius 2 is 1.76 bits per heavy atom. The summed E-state index contributed by atoms with van der Waals surface area (Å²) in [6, 6.07) is 16.3. The van der Waals surface area contributed by atoms with E-state index >= 15 is 0 Å². The molecule has 0 amide bonds. The van der Waals surface area contributed by atoms with Crippen LogP contribution in [0.5, 0.6) is 5.75 Å². The van der Waals surface area contributed by atoms with Crippen LogP contribution in [0.2, 0.25) is 0 Å². The smallest absolute Gasteiger partial charge is 0.338 e. The molecule has 1 unspecified atom stereocenters. The number of rotatable bonds is 13. The molecule has 1 aliphatic heterocycles. The third-order valence-corrected chi connectivity index (χ3v) is 8.37. The number of methoxy groups -OCH3 is 1. The van der Waals surface area contributed by atoms with Gasteiger partial charge in [0, 0.05) is 25.0 Å². The van der Waals surface area contributed by atoms with Gasteiger partial charge in [0.1, 0.15) is 30.7 Å². The first kappa shape index (κ1) is 34.3. The maximum Gasteiger partial charge on any atom is 0.338 e. The lowest BCUT2D eigenvalue weighted by Gasteiger charge is -2.28. The van der Waals surface area contributed by atoms with Gasteiger partial charge in [-0.2, -0.15) is 0 Å². The molecule has 0 aliphatic carbocycles. The molecule has 15 heteroatoms. The predicted molar refractivity (Wildman–Crippen MR) is 163 cm³/mol. The highest BCUT2D eigenvalue weighted by atomic mass is 32.2. The number of hydrogen-bond acceptors (Lipinski definition) is 12. The van der Waals surface area contributed by atoms with E-state index in [2.05, 4.69) is 4.72 Å². The maximum absolute atomic E-state index is 13.7. The van der Waals surface area contributed by atoms with Crippen LogP contribution in [0.25, 0.3) is 0 Å². The summed E-state index contributed by atoms with van der Waals surface area (Å²) < 4.78 is 58.2. The van der Waals surface area contributed by atoms with E-state index < -0.39 is 68.2 Å². The van der Waals surface area contributed by atoms with E-state index in [0.717, 1.165) is 24.8 Å². The van der Waals surface area contributed by atoms with Crippen LogP contribution >= 0.6 is 0 Å². The van der Waals surface area contributed by atoms with Gasteiger partial charge in [0.25, 0.3) is 15.7 Å². The highest BCUT2D eigenvalue weighted by Gasteiger charge is 2.46. The fourth-order valence-electron chi connectivity index (χ4n) is 5.04. The van der Waals surface area contributed by atoms with E-state index in [0.29, 0.717) is 0 Å². The number of nitrogens with one attached hydrogen (secondary N) is 1. The number of esters is 2. The first-order valence-electron chi connectivity index (χ1n) is 14.1. The Kier molecular flexibility index (Phi) is 10.6. The molecule has 246 valence electrons. The highest BCUT2D eigenvalue weighted by Crippen LogP contribution is 2.38. The second kappa shape index (κ2) is 14.2. The number of nitro groups is 1. The van der Waals surface area contributed by atoms with Crippen molar-refractivity contribution in [2.45, 2.75) is 62.8 Å². The number of carbonyl (C=O) groups excluding carboxylic acids is 2. The Morgan fingerprint density at radius 1 is 1.09 bits per heavy atom. The third-order valence-electron chi connectivity index (χ3n) is 6.95. The van der Waals surface area contributed by atoms with Gasteiger partial charge in [0.15, 0.2) is 10.7 Å². The average molecular weight is 659 g/mol. The molecule has 0 bridgehead atoms. The Morgan fingerprint density at radius 3 is 2.39 bits per heavy atom. The van der Waals surface area contributed by atoms with Crippen molar-refractivity contribution in [3.8, 4) is 5.75 Å². The van der Waals surface area contributed by atoms with Gasteiger partial charge < -0.3 is 28.8 Å². The molecule has 14 nitrogen and oxygen atoms in total. The zero-order chi connectivity index (χ0) is 33.6. The number of carbonyl (C=O) groups is 2. The van der Waals surface area contributed by atoms with Crippen LogP contribution in [0.1, 0.15) is 42.3 Å². The monoisotopic (exact) mass is 658 g/mol.